The van der Waals surface area contributed by atoms with Crippen LogP contribution in [0.15, 0.2) is 59.5 Å². The molecule has 0 aliphatic carbocycles. The van der Waals surface area contributed by atoms with E-state index >= 15 is 0 Å². The number of para-hydroxylation sites is 1. The van der Waals surface area contributed by atoms with Gasteiger partial charge in [-0.25, -0.2) is 0 Å². The van der Waals surface area contributed by atoms with Crippen molar-refractivity contribution >= 4 is 29.4 Å². The SMILES string of the molecule is Cc1cccc(/C=C/C(=O)Nc2ccccc2SC(F)F)c1. The lowest BCUT2D eigenvalue weighted by molar-refractivity contribution is -0.111. The molecule has 2 aromatic carbocycles. The largest absolute Gasteiger partial charge is 0.321 e. The molecule has 0 aliphatic rings. The number of nitrogens with one attached hydrogen (secondary N) is 1. The summed E-state index contributed by atoms with van der Waals surface area (Å²) < 4.78 is 25.0. The Bertz CT molecular complexity index is 686. The van der Waals surface area contributed by atoms with Crippen molar-refractivity contribution in [3.05, 3.63) is 65.7 Å². The Morgan fingerprint density at radius 2 is 1.95 bits per heavy atom. The van der Waals surface area contributed by atoms with Crippen LogP contribution in [0.25, 0.3) is 6.08 Å². The Morgan fingerprint density at radius 1 is 1.18 bits per heavy atom. The van der Waals surface area contributed by atoms with Gasteiger partial charge in [0.1, 0.15) is 0 Å². The molecule has 0 heterocycles. The fourth-order valence-electron chi connectivity index (χ4n) is 1.89. The highest BCUT2D eigenvalue weighted by atomic mass is 32.2. The Hall–Kier alpha value is -2.14. The van der Waals surface area contributed by atoms with E-state index in [1.54, 1.807) is 30.3 Å². The molecule has 5 heteroatoms. The Kier molecular flexibility index (Phi) is 5.72. The topological polar surface area (TPSA) is 29.1 Å². The van der Waals surface area contributed by atoms with E-state index in [0.29, 0.717) is 22.3 Å². The van der Waals surface area contributed by atoms with Crippen molar-refractivity contribution in [2.75, 3.05) is 5.32 Å². The van der Waals surface area contributed by atoms with Crippen molar-refractivity contribution in [1.29, 1.82) is 0 Å². The molecule has 114 valence electrons. The number of halogens is 2. The lowest BCUT2D eigenvalue weighted by atomic mass is 10.1. The molecule has 2 rings (SSSR count). The number of hydrogen-bond acceptors (Lipinski definition) is 2. The number of anilines is 1. The fraction of sp³-hybridized carbons (Fsp3) is 0.118. The van der Waals surface area contributed by atoms with Gasteiger partial charge in [0.05, 0.1) is 5.69 Å². The minimum Gasteiger partial charge on any atom is -0.321 e. The van der Waals surface area contributed by atoms with Gasteiger partial charge in [-0.05, 0) is 30.7 Å². The predicted octanol–water partition coefficient (Wildman–Crippen LogP) is 4.96. The first-order chi connectivity index (χ1) is 10.5. The number of hydrogen-bond donors (Lipinski definition) is 1. The molecular weight excluding hydrogens is 304 g/mol. The highest BCUT2D eigenvalue weighted by Gasteiger charge is 2.10. The van der Waals surface area contributed by atoms with E-state index in [9.17, 15) is 13.6 Å². The van der Waals surface area contributed by atoms with Crippen LogP contribution in [-0.4, -0.2) is 11.7 Å². The quantitative estimate of drug-likeness (QED) is 0.623. The first-order valence-electron chi connectivity index (χ1n) is 6.64. The molecular formula is C17H15F2NOS. The number of amides is 1. The first kappa shape index (κ1) is 16.2. The standard InChI is InChI=1S/C17H15F2NOS/c1-12-5-4-6-13(11-12)9-10-16(21)20-14-7-2-3-8-15(14)22-17(18)19/h2-11,17H,1H3,(H,20,21)/b10-9+. The molecule has 0 aliphatic heterocycles. The van der Waals surface area contributed by atoms with E-state index in [-0.39, 0.29) is 5.91 Å². The van der Waals surface area contributed by atoms with Crippen LogP contribution in [0.4, 0.5) is 14.5 Å². The summed E-state index contributed by atoms with van der Waals surface area (Å²) in [7, 11) is 0. The van der Waals surface area contributed by atoms with Gasteiger partial charge in [0.25, 0.3) is 5.76 Å². The third-order valence-electron chi connectivity index (χ3n) is 2.83. The van der Waals surface area contributed by atoms with Crippen molar-refractivity contribution in [2.45, 2.75) is 17.6 Å². The van der Waals surface area contributed by atoms with E-state index in [1.165, 1.54) is 6.08 Å². The van der Waals surface area contributed by atoms with Crippen LogP contribution in [0.5, 0.6) is 0 Å². The van der Waals surface area contributed by atoms with Crippen LogP contribution in [0.3, 0.4) is 0 Å². The van der Waals surface area contributed by atoms with Gasteiger partial charge in [-0.15, -0.1) is 0 Å². The predicted molar refractivity (Wildman–Crippen MR) is 87.1 cm³/mol. The summed E-state index contributed by atoms with van der Waals surface area (Å²) in [5.74, 6) is -2.88. The maximum Gasteiger partial charge on any atom is 0.288 e. The molecule has 0 radical (unpaired) electrons. The molecule has 0 aromatic heterocycles. The van der Waals surface area contributed by atoms with Crippen LogP contribution < -0.4 is 5.32 Å². The molecule has 2 aromatic rings. The summed E-state index contributed by atoms with van der Waals surface area (Å²) in [5.41, 5.74) is 2.39. The van der Waals surface area contributed by atoms with E-state index in [4.69, 9.17) is 0 Å². The van der Waals surface area contributed by atoms with E-state index in [0.717, 1.165) is 11.1 Å². The van der Waals surface area contributed by atoms with Gasteiger partial charge in [0.15, 0.2) is 0 Å². The second-order valence-corrected chi connectivity index (χ2v) is 5.64. The molecule has 22 heavy (non-hydrogen) atoms. The number of carbonyl (C=O) groups excluding carboxylic acids is 1. The fourth-order valence-corrected chi connectivity index (χ4v) is 2.48. The monoisotopic (exact) mass is 319 g/mol. The van der Waals surface area contributed by atoms with Gasteiger partial charge in [0, 0.05) is 11.0 Å². The maximum absolute atomic E-state index is 12.5. The normalized spacial score (nSPS) is 11.1. The van der Waals surface area contributed by atoms with Crippen LogP contribution >= 0.6 is 11.8 Å². The van der Waals surface area contributed by atoms with E-state index < -0.39 is 5.76 Å². The zero-order chi connectivity index (χ0) is 15.9. The van der Waals surface area contributed by atoms with Crippen LogP contribution in [0, 0.1) is 6.92 Å². The lowest BCUT2D eigenvalue weighted by Gasteiger charge is -2.08. The second-order valence-electron chi connectivity index (χ2n) is 4.61. The summed E-state index contributed by atoms with van der Waals surface area (Å²) in [5, 5.41) is 2.62. The van der Waals surface area contributed by atoms with E-state index in [2.05, 4.69) is 5.32 Å². The average molecular weight is 319 g/mol. The van der Waals surface area contributed by atoms with Crippen molar-refractivity contribution in [3.63, 3.8) is 0 Å². The number of carbonyl (C=O) groups is 1. The van der Waals surface area contributed by atoms with Gasteiger partial charge in [-0.1, -0.05) is 53.7 Å². The Morgan fingerprint density at radius 3 is 2.68 bits per heavy atom. The summed E-state index contributed by atoms with van der Waals surface area (Å²) in [6.07, 6.45) is 3.07. The summed E-state index contributed by atoms with van der Waals surface area (Å²) in [4.78, 5) is 12.3. The number of rotatable bonds is 5. The van der Waals surface area contributed by atoms with Crippen LogP contribution in [0.1, 0.15) is 11.1 Å². The molecule has 0 saturated heterocycles. The van der Waals surface area contributed by atoms with Gasteiger partial charge < -0.3 is 5.32 Å². The van der Waals surface area contributed by atoms with Gasteiger partial charge >= 0.3 is 0 Å². The lowest BCUT2D eigenvalue weighted by Crippen LogP contribution is -2.08. The molecule has 1 N–H and O–H groups in total. The molecule has 2 nitrogen and oxygen atoms in total. The first-order valence-corrected chi connectivity index (χ1v) is 7.52. The van der Waals surface area contributed by atoms with Crippen molar-refractivity contribution in [1.82, 2.24) is 0 Å². The minimum absolute atomic E-state index is 0.342. The highest BCUT2D eigenvalue weighted by Crippen LogP contribution is 2.31. The van der Waals surface area contributed by atoms with Crippen molar-refractivity contribution < 1.29 is 13.6 Å². The van der Waals surface area contributed by atoms with Gasteiger partial charge in [-0.2, -0.15) is 8.78 Å². The Labute approximate surface area is 132 Å². The molecule has 0 spiro atoms. The minimum atomic E-state index is -2.53. The maximum atomic E-state index is 12.5. The van der Waals surface area contributed by atoms with Crippen LogP contribution in [0.2, 0.25) is 0 Å². The van der Waals surface area contributed by atoms with Crippen LogP contribution in [-0.2, 0) is 4.79 Å². The summed E-state index contributed by atoms with van der Waals surface area (Å²) in [6.45, 7) is 1.97. The molecule has 0 fully saturated rings. The number of thioether (sulfide) groups is 1. The molecule has 0 bridgehead atoms. The zero-order valence-corrected chi connectivity index (χ0v) is 12.7. The van der Waals surface area contributed by atoms with Crippen molar-refractivity contribution in [3.8, 4) is 0 Å². The van der Waals surface area contributed by atoms with E-state index in [1.807, 2.05) is 31.2 Å². The second kappa shape index (κ2) is 7.75. The molecule has 0 saturated carbocycles. The van der Waals surface area contributed by atoms with Crippen molar-refractivity contribution in [2.24, 2.45) is 0 Å². The third-order valence-corrected chi connectivity index (χ3v) is 3.62. The smallest absolute Gasteiger partial charge is 0.288 e. The van der Waals surface area contributed by atoms with Gasteiger partial charge in [0.2, 0.25) is 5.91 Å². The number of aryl methyl sites for hydroxylation is 1. The van der Waals surface area contributed by atoms with Gasteiger partial charge in [-0.3, -0.25) is 4.79 Å². The molecule has 0 unspecified atom stereocenters. The zero-order valence-electron chi connectivity index (χ0n) is 11.9. The average Bonchev–Trinajstić information content (AvgIpc) is 2.47. The number of benzene rings is 2. The number of alkyl halides is 2. The molecule has 0 atom stereocenters. The summed E-state index contributed by atoms with van der Waals surface area (Å²) >= 11 is 0.411. The summed E-state index contributed by atoms with van der Waals surface area (Å²) in [6, 6.07) is 14.2. The highest BCUT2D eigenvalue weighted by molar-refractivity contribution is 7.99. The Balaban J connectivity index is 2.06. The third kappa shape index (κ3) is 5.00. The molecule has 1 amide bonds.